The monoisotopic (exact) mass is 416 g/mol. The molecule has 0 atom stereocenters. The number of nitrogens with one attached hydrogen (secondary N) is 1. The lowest BCUT2D eigenvalue weighted by atomic mass is 10.1. The Kier molecular flexibility index (Phi) is 5.84. The quantitative estimate of drug-likeness (QED) is 0.451. The highest BCUT2D eigenvalue weighted by atomic mass is 16.5. The Morgan fingerprint density at radius 3 is 2.42 bits per heavy atom. The molecular weight excluding hydrogens is 392 g/mol. The Morgan fingerprint density at radius 1 is 0.839 bits per heavy atom. The van der Waals surface area contributed by atoms with Crippen molar-refractivity contribution < 1.29 is 14.2 Å². The highest BCUT2D eigenvalue weighted by Gasteiger charge is 2.09. The Morgan fingerprint density at radius 2 is 1.68 bits per heavy atom. The van der Waals surface area contributed by atoms with Gasteiger partial charge in [-0.2, -0.15) is 0 Å². The van der Waals surface area contributed by atoms with Crippen LogP contribution in [0.2, 0.25) is 0 Å². The summed E-state index contributed by atoms with van der Waals surface area (Å²) in [6, 6.07) is 15.3. The number of hydrogen-bond donors (Lipinski definition) is 1. The summed E-state index contributed by atoms with van der Waals surface area (Å²) in [7, 11) is 3.26. The van der Waals surface area contributed by atoms with Crippen molar-refractivity contribution in [3.63, 3.8) is 0 Å². The van der Waals surface area contributed by atoms with Gasteiger partial charge in [-0.05, 0) is 61.4 Å². The molecule has 2 heterocycles. The molecule has 2 aromatic carbocycles. The number of rotatable bonds is 7. The predicted octanol–water partition coefficient (Wildman–Crippen LogP) is 5.06. The molecule has 4 aromatic rings. The van der Waals surface area contributed by atoms with Gasteiger partial charge >= 0.3 is 0 Å². The largest absolute Gasteiger partial charge is 0.497 e. The summed E-state index contributed by atoms with van der Waals surface area (Å²) in [5, 5.41) is 12.6. The van der Waals surface area contributed by atoms with E-state index in [0.29, 0.717) is 24.0 Å². The Hall–Kier alpha value is -3.87. The van der Waals surface area contributed by atoms with Crippen LogP contribution >= 0.6 is 0 Å². The van der Waals surface area contributed by atoms with Crippen molar-refractivity contribution in [3.8, 4) is 23.1 Å². The van der Waals surface area contributed by atoms with Crippen molar-refractivity contribution in [1.82, 2.24) is 15.2 Å². The van der Waals surface area contributed by atoms with E-state index in [1.54, 1.807) is 26.5 Å². The average Bonchev–Trinajstić information content (AvgIpc) is 2.79. The lowest BCUT2D eigenvalue weighted by Crippen LogP contribution is -2.04. The maximum absolute atomic E-state index is 5.99. The van der Waals surface area contributed by atoms with Gasteiger partial charge in [-0.3, -0.25) is 4.98 Å². The number of nitrogens with zero attached hydrogens (tertiary/aromatic N) is 3. The van der Waals surface area contributed by atoms with Crippen LogP contribution in [-0.4, -0.2) is 29.4 Å². The summed E-state index contributed by atoms with van der Waals surface area (Å²) >= 11 is 0. The van der Waals surface area contributed by atoms with Crippen LogP contribution in [0.25, 0.3) is 10.9 Å². The number of aromatic nitrogens is 3. The molecule has 2 aromatic heterocycles. The van der Waals surface area contributed by atoms with Crippen LogP contribution in [0.4, 0.5) is 5.82 Å². The van der Waals surface area contributed by atoms with Gasteiger partial charge in [0.1, 0.15) is 23.1 Å². The zero-order chi connectivity index (χ0) is 21.8. The number of benzene rings is 2. The molecule has 1 N–H and O–H groups in total. The molecule has 4 rings (SSSR count). The van der Waals surface area contributed by atoms with E-state index < -0.39 is 0 Å². The smallest absolute Gasteiger partial charge is 0.239 e. The molecule has 0 aliphatic rings. The first kappa shape index (κ1) is 20.4. The van der Waals surface area contributed by atoms with Crippen molar-refractivity contribution in [1.29, 1.82) is 0 Å². The third kappa shape index (κ3) is 4.50. The predicted molar refractivity (Wildman–Crippen MR) is 120 cm³/mol. The minimum Gasteiger partial charge on any atom is -0.497 e. The van der Waals surface area contributed by atoms with Crippen LogP contribution in [0.5, 0.6) is 23.1 Å². The summed E-state index contributed by atoms with van der Waals surface area (Å²) < 4.78 is 16.7. The lowest BCUT2D eigenvalue weighted by molar-refractivity contribution is 0.391. The molecule has 0 aliphatic heterocycles. The van der Waals surface area contributed by atoms with Gasteiger partial charge in [-0.25, -0.2) is 0 Å². The molecule has 0 saturated carbocycles. The fraction of sp³-hybridized carbons (Fsp3) is 0.208. The van der Waals surface area contributed by atoms with Crippen molar-refractivity contribution in [2.75, 3.05) is 19.5 Å². The van der Waals surface area contributed by atoms with E-state index in [2.05, 4.69) is 46.5 Å². The molecule has 0 saturated heterocycles. The summed E-state index contributed by atoms with van der Waals surface area (Å²) in [4.78, 5) is 4.43. The van der Waals surface area contributed by atoms with Crippen LogP contribution in [0.15, 0.2) is 54.7 Å². The fourth-order valence-electron chi connectivity index (χ4n) is 3.23. The van der Waals surface area contributed by atoms with Gasteiger partial charge in [0, 0.05) is 35.8 Å². The number of pyridine rings is 1. The zero-order valence-electron chi connectivity index (χ0n) is 18.0. The van der Waals surface area contributed by atoms with Gasteiger partial charge in [0.05, 0.1) is 19.7 Å². The molecule has 0 radical (unpaired) electrons. The highest BCUT2D eigenvalue weighted by Crippen LogP contribution is 2.30. The van der Waals surface area contributed by atoms with Gasteiger partial charge in [0.15, 0.2) is 0 Å². The number of hydrogen-bond acceptors (Lipinski definition) is 7. The van der Waals surface area contributed by atoms with Crippen molar-refractivity contribution in [2.45, 2.75) is 20.4 Å². The van der Waals surface area contributed by atoms with Crippen LogP contribution in [0, 0.1) is 13.8 Å². The minimum atomic E-state index is 0.415. The second-order valence-corrected chi connectivity index (χ2v) is 7.15. The second-order valence-electron chi connectivity index (χ2n) is 7.15. The van der Waals surface area contributed by atoms with Crippen LogP contribution in [0.3, 0.4) is 0 Å². The number of methoxy groups -OCH3 is 2. The second kappa shape index (κ2) is 8.87. The average molecular weight is 416 g/mol. The SMILES string of the molecule is COc1ccc(CNc2ccc(Oc3ccnc4cc(C)c(C)cc34)nn2)c(OC)c1. The standard InChI is InChI=1S/C24H24N4O3/c1-15-11-19-20(12-16(15)2)25-10-9-21(19)31-24-8-7-23(27-28-24)26-14-17-5-6-18(29-3)13-22(17)30-4/h5-13H,14H2,1-4H3,(H,26,27). The summed E-state index contributed by atoms with van der Waals surface area (Å²) in [5.74, 6) is 3.24. The molecule has 7 heteroatoms. The van der Waals surface area contributed by atoms with E-state index in [-0.39, 0.29) is 0 Å². The molecule has 0 aliphatic carbocycles. The van der Waals surface area contributed by atoms with Gasteiger partial charge in [0.2, 0.25) is 5.88 Å². The van der Waals surface area contributed by atoms with Gasteiger partial charge < -0.3 is 19.5 Å². The van der Waals surface area contributed by atoms with E-state index in [1.807, 2.05) is 30.3 Å². The normalized spacial score (nSPS) is 10.7. The van der Waals surface area contributed by atoms with E-state index in [1.165, 1.54) is 11.1 Å². The number of anilines is 1. The molecule has 0 fully saturated rings. The third-order valence-corrected chi connectivity index (χ3v) is 5.13. The van der Waals surface area contributed by atoms with Crippen molar-refractivity contribution in [2.24, 2.45) is 0 Å². The maximum atomic E-state index is 5.99. The van der Waals surface area contributed by atoms with Crippen LogP contribution in [0.1, 0.15) is 16.7 Å². The highest BCUT2D eigenvalue weighted by molar-refractivity contribution is 5.86. The van der Waals surface area contributed by atoms with Crippen molar-refractivity contribution >= 4 is 16.7 Å². The molecule has 31 heavy (non-hydrogen) atoms. The molecule has 0 unspecified atom stereocenters. The Bertz CT molecular complexity index is 1210. The Labute approximate surface area is 181 Å². The molecule has 7 nitrogen and oxygen atoms in total. The first-order valence-corrected chi connectivity index (χ1v) is 9.89. The van der Waals surface area contributed by atoms with Gasteiger partial charge in [-0.15, -0.1) is 10.2 Å². The molecule has 0 bridgehead atoms. The summed E-state index contributed by atoms with van der Waals surface area (Å²) in [5.41, 5.74) is 4.26. The first-order valence-electron chi connectivity index (χ1n) is 9.89. The van der Waals surface area contributed by atoms with E-state index in [9.17, 15) is 0 Å². The van der Waals surface area contributed by atoms with Crippen molar-refractivity contribution in [3.05, 3.63) is 71.4 Å². The molecule has 158 valence electrons. The molecule has 0 amide bonds. The third-order valence-electron chi connectivity index (χ3n) is 5.13. The van der Waals surface area contributed by atoms with E-state index >= 15 is 0 Å². The molecule has 0 spiro atoms. The zero-order valence-corrected chi connectivity index (χ0v) is 18.0. The Balaban J connectivity index is 1.47. The lowest BCUT2D eigenvalue weighted by Gasteiger charge is -2.12. The first-order chi connectivity index (χ1) is 15.1. The fourth-order valence-corrected chi connectivity index (χ4v) is 3.23. The van der Waals surface area contributed by atoms with E-state index in [0.717, 1.165) is 28.0 Å². The number of aryl methyl sites for hydroxylation is 2. The molecular formula is C24H24N4O3. The summed E-state index contributed by atoms with van der Waals surface area (Å²) in [6.45, 7) is 4.68. The maximum Gasteiger partial charge on any atom is 0.239 e. The van der Waals surface area contributed by atoms with Gasteiger partial charge in [0.25, 0.3) is 0 Å². The summed E-state index contributed by atoms with van der Waals surface area (Å²) in [6.07, 6.45) is 1.73. The topological polar surface area (TPSA) is 78.4 Å². The van der Waals surface area contributed by atoms with Gasteiger partial charge in [-0.1, -0.05) is 0 Å². The number of fused-ring (bicyclic) bond motifs is 1. The van der Waals surface area contributed by atoms with E-state index in [4.69, 9.17) is 14.2 Å². The van der Waals surface area contributed by atoms with Crippen LogP contribution in [-0.2, 0) is 6.54 Å². The minimum absolute atomic E-state index is 0.415. The number of ether oxygens (including phenoxy) is 3. The van der Waals surface area contributed by atoms with Crippen LogP contribution < -0.4 is 19.5 Å².